The van der Waals surface area contributed by atoms with Crippen LogP contribution in [0.4, 0.5) is 0 Å². The van der Waals surface area contributed by atoms with E-state index >= 15 is 0 Å². The largest absolute Gasteiger partial charge is 0.390 e. The number of hydrogen-bond acceptors (Lipinski definition) is 3. The fourth-order valence-corrected chi connectivity index (χ4v) is 0.187. The lowest BCUT2D eigenvalue weighted by Crippen LogP contribution is -2.05. The molecule has 0 atom stereocenters. The highest BCUT2D eigenvalue weighted by atomic mass is 32.1. The van der Waals surface area contributed by atoms with Crippen LogP contribution in [0.25, 0.3) is 0 Å². The molecular formula is C3H6N2OS. The van der Waals surface area contributed by atoms with E-state index in [0.717, 1.165) is 0 Å². The lowest BCUT2D eigenvalue weighted by Gasteiger charge is -1.81. The second-order valence-electron chi connectivity index (χ2n) is 0.865. The maximum Gasteiger partial charge on any atom is 0.0977 e. The molecule has 0 rings (SSSR count). The predicted molar refractivity (Wildman–Crippen MR) is 30.8 cm³/mol. The molecular weight excluding hydrogens is 112 g/mol. The van der Waals surface area contributed by atoms with Gasteiger partial charge in [-0.05, 0) is 6.08 Å². The summed E-state index contributed by atoms with van der Waals surface area (Å²) in [4.78, 5) is 0.238. The fourth-order valence-electron chi connectivity index (χ4n) is 0.119. The van der Waals surface area contributed by atoms with E-state index in [9.17, 15) is 0 Å². The normalized spacial score (nSPS) is 9.29. The molecule has 0 aromatic carbocycles. The summed E-state index contributed by atoms with van der Waals surface area (Å²) in [5.74, 6) is 0. The average Bonchev–Trinajstić information content (AvgIpc) is 1.61. The zero-order valence-electron chi connectivity index (χ0n) is 3.59. The number of thiocarbonyl (C=S) groups is 1. The van der Waals surface area contributed by atoms with E-state index in [0.29, 0.717) is 0 Å². The molecule has 0 saturated carbocycles. The monoisotopic (exact) mass is 118 g/mol. The minimum Gasteiger partial charge on any atom is -0.390 e. The van der Waals surface area contributed by atoms with Crippen molar-refractivity contribution in [1.82, 2.24) is 5.48 Å². The zero-order chi connectivity index (χ0) is 5.70. The molecule has 0 aromatic heterocycles. The third-order valence-corrected chi connectivity index (χ3v) is 0.458. The van der Waals surface area contributed by atoms with Gasteiger partial charge >= 0.3 is 0 Å². The van der Waals surface area contributed by atoms with Gasteiger partial charge in [-0.2, -0.15) is 0 Å². The van der Waals surface area contributed by atoms with Crippen molar-refractivity contribution in [3.05, 3.63) is 12.3 Å². The Morgan fingerprint density at radius 3 is 2.57 bits per heavy atom. The number of nitrogens with two attached hydrogens (primary N) is 1. The molecule has 0 saturated heterocycles. The molecule has 0 amide bonds. The molecule has 3 nitrogen and oxygen atoms in total. The first-order valence-corrected chi connectivity index (χ1v) is 2.04. The highest BCUT2D eigenvalue weighted by molar-refractivity contribution is 7.80. The Hall–Kier alpha value is -0.610. The number of rotatable bonds is 2. The highest BCUT2D eigenvalue weighted by Crippen LogP contribution is 1.65. The van der Waals surface area contributed by atoms with Gasteiger partial charge in [-0.1, -0.05) is 12.2 Å². The van der Waals surface area contributed by atoms with Crippen LogP contribution in [0.15, 0.2) is 12.3 Å². The Morgan fingerprint density at radius 2 is 2.43 bits per heavy atom. The van der Waals surface area contributed by atoms with Crippen molar-refractivity contribution in [2.75, 3.05) is 0 Å². The summed E-state index contributed by atoms with van der Waals surface area (Å²) in [5.41, 5.74) is 6.72. The lowest BCUT2D eigenvalue weighted by atomic mass is 10.6. The van der Waals surface area contributed by atoms with E-state index in [1.165, 1.54) is 12.3 Å². The number of hydrogen-bond donors (Lipinski definition) is 3. The molecule has 0 aromatic rings. The van der Waals surface area contributed by atoms with E-state index in [1.807, 2.05) is 0 Å². The third kappa shape index (κ3) is 5.39. The predicted octanol–water partition coefficient (Wildman–Crippen LogP) is -0.235. The SMILES string of the molecule is NC(=S)C=CNO. The van der Waals surface area contributed by atoms with E-state index in [1.54, 1.807) is 5.48 Å². The summed E-state index contributed by atoms with van der Waals surface area (Å²) in [6, 6.07) is 0. The maximum absolute atomic E-state index is 7.86. The van der Waals surface area contributed by atoms with E-state index in [4.69, 9.17) is 10.9 Å². The Bertz CT molecular complexity index is 90.9. The van der Waals surface area contributed by atoms with Crippen LogP contribution in [0, 0.1) is 0 Å². The average molecular weight is 118 g/mol. The van der Waals surface area contributed by atoms with Crippen LogP contribution < -0.4 is 11.2 Å². The quantitative estimate of drug-likeness (QED) is 0.266. The van der Waals surface area contributed by atoms with Gasteiger partial charge in [0.1, 0.15) is 0 Å². The topological polar surface area (TPSA) is 58.3 Å². The first kappa shape index (κ1) is 6.39. The molecule has 0 bridgehead atoms. The van der Waals surface area contributed by atoms with Crippen LogP contribution in [-0.2, 0) is 0 Å². The van der Waals surface area contributed by atoms with Crippen LogP contribution in [0.1, 0.15) is 0 Å². The molecule has 0 aliphatic carbocycles. The van der Waals surface area contributed by atoms with Gasteiger partial charge < -0.3 is 5.73 Å². The van der Waals surface area contributed by atoms with Crippen molar-refractivity contribution in [3.8, 4) is 0 Å². The van der Waals surface area contributed by atoms with Gasteiger partial charge in [0, 0.05) is 6.20 Å². The van der Waals surface area contributed by atoms with Crippen molar-refractivity contribution in [3.63, 3.8) is 0 Å². The Kier molecular flexibility index (Phi) is 3.26. The summed E-state index contributed by atoms with van der Waals surface area (Å²) in [5, 5.41) is 7.86. The Morgan fingerprint density at radius 1 is 1.86 bits per heavy atom. The van der Waals surface area contributed by atoms with Gasteiger partial charge in [0.15, 0.2) is 0 Å². The molecule has 0 aliphatic heterocycles. The minimum atomic E-state index is 0.238. The van der Waals surface area contributed by atoms with Crippen LogP contribution in [-0.4, -0.2) is 10.2 Å². The molecule has 7 heavy (non-hydrogen) atoms. The molecule has 40 valence electrons. The van der Waals surface area contributed by atoms with E-state index in [-0.39, 0.29) is 4.99 Å². The van der Waals surface area contributed by atoms with Crippen LogP contribution in [0.3, 0.4) is 0 Å². The summed E-state index contributed by atoms with van der Waals surface area (Å²) in [6.07, 6.45) is 2.61. The van der Waals surface area contributed by atoms with Gasteiger partial charge in [-0.15, -0.1) is 0 Å². The molecule has 0 spiro atoms. The first-order valence-electron chi connectivity index (χ1n) is 1.63. The molecule has 4 N–H and O–H groups in total. The summed E-state index contributed by atoms with van der Waals surface area (Å²) >= 11 is 4.40. The second kappa shape index (κ2) is 3.58. The standard InChI is InChI=1S/C3H6N2OS/c4-3(7)1-2-5-6/h1-2,5-6H,(H2,4,7). The van der Waals surface area contributed by atoms with Gasteiger partial charge in [-0.25, -0.2) is 0 Å². The Balaban J connectivity index is 3.26. The second-order valence-corrected chi connectivity index (χ2v) is 1.34. The lowest BCUT2D eigenvalue weighted by molar-refractivity contribution is 0.214. The van der Waals surface area contributed by atoms with Crippen molar-refractivity contribution < 1.29 is 5.21 Å². The van der Waals surface area contributed by atoms with Crippen LogP contribution in [0.5, 0.6) is 0 Å². The summed E-state index contributed by atoms with van der Waals surface area (Å²) in [6.45, 7) is 0. The minimum absolute atomic E-state index is 0.238. The van der Waals surface area contributed by atoms with Gasteiger partial charge in [0.2, 0.25) is 0 Å². The van der Waals surface area contributed by atoms with Crippen LogP contribution >= 0.6 is 12.2 Å². The van der Waals surface area contributed by atoms with E-state index in [2.05, 4.69) is 12.2 Å². The molecule has 0 radical (unpaired) electrons. The van der Waals surface area contributed by atoms with Crippen LogP contribution in [0.2, 0.25) is 0 Å². The first-order chi connectivity index (χ1) is 3.27. The van der Waals surface area contributed by atoms with E-state index < -0.39 is 0 Å². The summed E-state index contributed by atoms with van der Waals surface area (Å²) in [7, 11) is 0. The summed E-state index contributed by atoms with van der Waals surface area (Å²) < 4.78 is 0. The fraction of sp³-hybridized carbons (Fsp3) is 0. The van der Waals surface area contributed by atoms with Crippen molar-refractivity contribution in [2.45, 2.75) is 0 Å². The molecule has 0 unspecified atom stereocenters. The van der Waals surface area contributed by atoms with Crippen molar-refractivity contribution in [2.24, 2.45) is 5.73 Å². The molecule has 0 aliphatic rings. The molecule has 0 heterocycles. The zero-order valence-corrected chi connectivity index (χ0v) is 4.40. The molecule has 4 heteroatoms. The van der Waals surface area contributed by atoms with Gasteiger partial charge in [-0.3, -0.25) is 10.7 Å². The maximum atomic E-state index is 7.86. The smallest absolute Gasteiger partial charge is 0.0977 e. The Labute approximate surface area is 46.8 Å². The van der Waals surface area contributed by atoms with Crippen molar-refractivity contribution >= 4 is 17.2 Å². The highest BCUT2D eigenvalue weighted by Gasteiger charge is 1.70. The van der Waals surface area contributed by atoms with Crippen molar-refractivity contribution in [1.29, 1.82) is 0 Å². The number of nitrogens with one attached hydrogen (secondary N) is 1. The third-order valence-electron chi connectivity index (χ3n) is 0.322. The van der Waals surface area contributed by atoms with Gasteiger partial charge in [0.25, 0.3) is 0 Å². The molecule has 0 fully saturated rings. The van der Waals surface area contributed by atoms with Gasteiger partial charge in [0.05, 0.1) is 4.99 Å². The number of hydroxylamine groups is 1.